The molecule has 0 aliphatic carbocycles. The van der Waals surface area contributed by atoms with E-state index in [4.69, 9.17) is 9.26 Å². The number of nitrogens with zero attached hydrogens (tertiary/aromatic N) is 5. The van der Waals surface area contributed by atoms with Crippen LogP contribution in [-0.4, -0.2) is 44.4 Å². The SMILES string of the molecule is COc1ccccc1C(=O)N1CCc2c(c(-c3nc(-c4cccc(F)c4)no3)nn2C)C1. The second kappa shape index (κ2) is 7.92. The summed E-state index contributed by atoms with van der Waals surface area (Å²) in [5.74, 6) is 0.541. The topological polar surface area (TPSA) is 86.3 Å². The number of methoxy groups -OCH3 is 1. The molecule has 0 fully saturated rings. The molecule has 2 aromatic heterocycles. The minimum Gasteiger partial charge on any atom is -0.496 e. The lowest BCUT2D eigenvalue weighted by Gasteiger charge is -2.28. The first-order valence-electron chi connectivity index (χ1n) is 10.1. The van der Waals surface area contributed by atoms with Gasteiger partial charge in [-0.15, -0.1) is 0 Å². The molecule has 8 nitrogen and oxygen atoms in total. The van der Waals surface area contributed by atoms with Gasteiger partial charge in [0.1, 0.15) is 11.6 Å². The van der Waals surface area contributed by atoms with Crippen molar-refractivity contribution in [2.45, 2.75) is 13.0 Å². The maximum absolute atomic E-state index is 13.6. The first-order valence-corrected chi connectivity index (χ1v) is 10.1. The van der Waals surface area contributed by atoms with Crippen molar-refractivity contribution in [2.24, 2.45) is 7.05 Å². The van der Waals surface area contributed by atoms with Crippen LogP contribution in [0.3, 0.4) is 0 Å². The Morgan fingerprint density at radius 3 is 2.84 bits per heavy atom. The van der Waals surface area contributed by atoms with Gasteiger partial charge in [-0.3, -0.25) is 9.48 Å². The summed E-state index contributed by atoms with van der Waals surface area (Å²) in [6, 6.07) is 13.2. The van der Waals surface area contributed by atoms with Gasteiger partial charge in [0.2, 0.25) is 5.82 Å². The highest BCUT2D eigenvalue weighted by molar-refractivity contribution is 5.97. The fraction of sp³-hybridized carbons (Fsp3) is 0.217. The van der Waals surface area contributed by atoms with Gasteiger partial charge in [0.15, 0.2) is 5.69 Å². The van der Waals surface area contributed by atoms with Gasteiger partial charge in [-0.1, -0.05) is 29.4 Å². The molecular formula is C23H20FN5O3. The van der Waals surface area contributed by atoms with Crippen LogP contribution in [0.1, 0.15) is 21.6 Å². The average molecular weight is 433 g/mol. The number of fused-ring (bicyclic) bond motifs is 1. The molecule has 0 bridgehead atoms. The molecular weight excluding hydrogens is 413 g/mol. The molecule has 3 heterocycles. The van der Waals surface area contributed by atoms with Crippen molar-refractivity contribution < 1.29 is 18.4 Å². The summed E-state index contributed by atoms with van der Waals surface area (Å²) < 4.78 is 26.2. The number of aromatic nitrogens is 4. The van der Waals surface area contributed by atoms with Crippen molar-refractivity contribution in [3.63, 3.8) is 0 Å². The Kier molecular flexibility index (Phi) is 4.93. The Morgan fingerprint density at radius 1 is 1.19 bits per heavy atom. The number of carbonyl (C=O) groups excluding carboxylic acids is 1. The van der Waals surface area contributed by atoms with Gasteiger partial charge in [-0.25, -0.2) is 4.39 Å². The molecule has 4 aromatic rings. The zero-order chi connectivity index (χ0) is 22.2. The molecule has 5 rings (SSSR count). The van der Waals surface area contributed by atoms with Crippen LogP contribution >= 0.6 is 0 Å². The molecule has 1 aliphatic heterocycles. The molecule has 2 aromatic carbocycles. The second-order valence-corrected chi connectivity index (χ2v) is 7.51. The molecule has 162 valence electrons. The van der Waals surface area contributed by atoms with Crippen LogP contribution in [-0.2, 0) is 20.0 Å². The van der Waals surface area contributed by atoms with Gasteiger partial charge in [0, 0.05) is 36.8 Å². The van der Waals surface area contributed by atoms with E-state index in [1.165, 1.54) is 12.1 Å². The number of para-hydroxylation sites is 1. The van der Waals surface area contributed by atoms with Crippen molar-refractivity contribution in [1.29, 1.82) is 0 Å². The maximum Gasteiger partial charge on any atom is 0.279 e. The second-order valence-electron chi connectivity index (χ2n) is 7.51. The molecule has 0 atom stereocenters. The van der Waals surface area contributed by atoms with E-state index >= 15 is 0 Å². The standard InChI is InChI=1S/C23H20FN5O3/c1-28-18-10-11-29(23(30)16-8-3-4-9-19(16)31-2)13-17(18)20(26-28)22-25-21(27-32-22)14-6-5-7-15(24)12-14/h3-9,12H,10-11,13H2,1-2H3. The number of aryl methyl sites for hydroxylation is 1. The predicted molar refractivity (Wildman–Crippen MR) is 113 cm³/mol. The number of ether oxygens (including phenoxy) is 1. The van der Waals surface area contributed by atoms with E-state index in [-0.39, 0.29) is 23.4 Å². The van der Waals surface area contributed by atoms with Gasteiger partial charge < -0.3 is 14.2 Å². The Balaban J connectivity index is 1.47. The zero-order valence-electron chi connectivity index (χ0n) is 17.6. The summed E-state index contributed by atoms with van der Waals surface area (Å²) in [5, 5.41) is 8.56. The summed E-state index contributed by atoms with van der Waals surface area (Å²) in [4.78, 5) is 19.4. The summed E-state index contributed by atoms with van der Waals surface area (Å²) in [6.45, 7) is 0.911. The molecule has 0 N–H and O–H groups in total. The largest absolute Gasteiger partial charge is 0.496 e. The predicted octanol–water partition coefficient (Wildman–Crippen LogP) is 3.48. The van der Waals surface area contributed by atoms with Crippen LogP contribution < -0.4 is 4.74 Å². The Morgan fingerprint density at radius 2 is 2.03 bits per heavy atom. The fourth-order valence-electron chi connectivity index (χ4n) is 3.99. The molecule has 0 saturated carbocycles. The van der Waals surface area contributed by atoms with Crippen LogP contribution in [0, 0.1) is 5.82 Å². The van der Waals surface area contributed by atoms with Crippen LogP contribution in [0.4, 0.5) is 4.39 Å². The number of rotatable bonds is 4. The third-order valence-corrected chi connectivity index (χ3v) is 5.58. The van der Waals surface area contributed by atoms with Gasteiger partial charge in [-0.2, -0.15) is 10.1 Å². The summed E-state index contributed by atoms with van der Waals surface area (Å²) >= 11 is 0. The molecule has 0 saturated heterocycles. The highest BCUT2D eigenvalue weighted by atomic mass is 19.1. The number of halogens is 1. The number of hydrogen-bond acceptors (Lipinski definition) is 6. The monoisotopic (exact) mass is 433 g/mol. The van der Waals surface area contributed by atoms with Crippen LogP contribution in [0.15, 0.2) is 53.1 Å². The highest BCUT2D eigenvalue weighted by Crippen LogP contribution is 2.31. The normalized spacial score (nSPS) is 13.2. The van der Waals surface area contributed by atoms with Crippen molar-refractivity contribution >= 4 is 5.91 Å². The van der Waals surface area contributed by atoms with E-state index in [9.17, 15) is 9.18 Å². The Labute approximate surface area is 183 Å². The van der Waals surface area contributed by atoms with E-state index < -0.39 is 0 Å². The zero-order valence-corrected chi connectivity index (χ0v) is 17.6. The number of amides is 1. The lowest BCUT2D eigenvalue weighted by molar-refractivity contribution is 0.0730. The van der Waals surface area contributed by atoms with Crippen LogP contribution in [0.5, 0.6) is 5.75 Å². The van der Waals surface area contributed by atoms with Crippen molar-refractivity contribution in [3.8, 4) is 28.7 Å². The van der Waals surface area contributed by atoms with E-state index in [1.54, 1.807) is 41.0 Å². The third kappa shape index (κ3) is 3.41. The molecule has 1 amide bonds. The maximum atomic E-state index is 13.6. The van der Waals surface area contributed by atoms with Gasteiger partial charge in [0.05, 0.1) is 19.2 Å². The molecule has 1 aliphatic rings. The lowest BCUT2D eigenvalue weighted by atomic mass is 10.0. The lowest BCUT2D eigenvalue weighted by Crippen LogP contribution is -2.36. The Hall–Kier alpha value is -4.01. The third-order valence-electron chi connectivity index (χ3n) is 5.58. The average Bonchev–Trinajstić information content (AvgIpc) is 3.43. The fourth-order valence-corrected chi connectivity index (χ4v) is 3.99. The van der Waals surface area contributed by atoms with Crippen LogP contribution in [0.25, 0.3) is 23.0 Å². The van der Waals surface area contributed by atoms with Gasteiger partial charge in [-0.05, 0) is 24.3 Å². The molecule has 9 heteroatoms. The summed E-state index contributed by atoms with van der Waals surface area (Å²) in [7, 11) is 3.40. The number of benzene rings is 2. The van der Waals surface area contributed by atoms with E-state index in [2.05, 4.69) is 15.2 Å². The smallest absolute Gasteiger partial charge is 0.279 e. The molecule has 0 radical (unpaired) electrons. The number of carbonyl (C=O) groups is 1. The van der Waals surface area contributed by atoms with Crippen molar-refractivity contribution in [3.05, 3.63) is 71.2 Å². The quantitative estimate of drug-likeness (QED) is 0.490. The van der Waals surface area contributed by atoms with E-state index in [1.807, 2.05) is 19.2 Å². The molecule has 32 heavy (non-hydrogen) atoms. The minimum atomic E-state index is -0.380. The molecule has 0 unspecified atom stereocenters. The van der Waals surface area contributed by atoms with Crippen molar-refractivity contribution in [2.75, 3.05) is 13.7 Å². The van der Waals surface area contributed by atoms with Gasteiger partial charge in [0.25, 0.3) is 11.8 Å². The van der Waals surface area contributed by atoms with Crippen LogP contribution in [0.2, 0.25) is 0 Å². The van der Waals surface area contributed by atoms with E-state index in [0.717, 1.165) is 11.3 Å². The first-order chi connectivity index (χ1) is 15.5. The van der Waals surface area contributed by atoms with Gasteiger partial charge >= 0.3 is 0 Å². The molecule has 0 spiro atoms. The Bertz CT molecular complexity index is 1310. The summed E-state index contributed by atoms with van der Waals surface area (Å²) in [5.41, 5.74) is 3.41. The summed E-state index contributed by atoms with van der Waals surface area (Å²) in [6.07, 6.45) is 0.643. The minimum absolute atomic E-state index is 0.117. The number of hydrogen-bond donors (Lipinski definition) is 0. The highest BCUT2D eigenvalue weighted by Gasteiger charge is 2.30. The van der Waals surface area contributed by atoms with Crippen molar-refractivity contribution in [1.82, 2.24) is 24.8 Å². The first kappa shape index (κ1) is 19.9. The van der Waals surface area contributed by atoms with E-state index in [0.29, 0.717) is 42.1 Å².